The summed E-state index contributed by atoms with van der Waals surface area (Å²) in [5.41, 5.74) is -0.0617. The minimum Gasteiger partial charge on any atom is -0.342 e. The highest BCUT2D eigenvalue weighted by atomic mass is 16.2. The van der Waals surface area contributed by atoms with Gasteiger partial charge in [0, 0.05) is 18.5 Å². The van der Waals surface area contributed by atoms with Crippen LogP contribution in [-0.4, -0.2) is 46.1 Å². The minimum atomic E-state index is -0.446. The van der Waals surface area contributed by atoms with Gasteiger partial charge in [0.05, 0.1) is 18.0 Å². The molecule has 1 aliphatic rings. The minimum absolute atomic E-state index is 0.0599. The maximum Gasteiger partial charge on any atom is 0.274 e. The van der Waals surface area contributed by atoms with E-state index in [0.29, 0.717) is 10.8 Å². The van der Waals surface area contributed by atoms with Gasteiger partial charge in [-0.1, -0.05) is 18.2 Å². The lowest BCUT2D eigenvalue weighted by molar-refractivity contribution is -0.129. The fourth-order valence-corrected chi connectivity index (χ4v) is 3.04. The topological polar surface area (TPSA) is 84.3 Å². The van der Waals surface area contributed by atoms with Gasteiger partial charge in [-0.05, 0) is 32.8 Å². The van der Waals surface area contributed by atoms with Gasteiger partial charge in [0.25, 0.3) is 11.5 Å². The molecule has 132 valence electrons. The first kappa shape index (κ1) is 17.1. The molecule has 2 heterocycles. The molecule has 0 unspecified atom stereocenters. The number of fused-ring (bicyclic) bond motifs is 1. The van der Waals surface area contributed by atoms with Crippen LogP contribution in [0.5, 0.6) is 0 Å². The number of benzene rings is 1. The Labute approximate surface area is 145 Å². The zero-order valence-electron chi connectivity index (χ0n) is 14.5. The van der Waals surface area contributed by atoms with Crippen LogP contribution < -0.4 is 10.9 Å². The Morgan fingerprint density at radius 3 is 2.44 bits per heavy atom. The lowest BCUT2D eigenvalue weighted by atomic mass is 10.1. The maximum absolute atomic E-state index is 12.6. The van der Waals surface area contributed by atoms with Crippen molar-refractivity contribution in [2.24, 2.45) is 0 Å². The van der Waals surface area contributed by atoms with E-state index in [2.05, 4.69) is 10.4 Å². The van der Waals surface area contributed by atoms with Gasteiger partial charge < -0.3 is 10.2 Å². The monoisotopic (exact) mass is 342 g/mol. The molecule has 1 saturated heterocycles. The van der Waals surface area contributed by atoms with E-state index in [1.165, 1.54) is 4.68 Å². The molecule has 1 fully saturated rings. The Morgan fingerprint density at radius 2 is 1.80 bits per heavy atom. The van der Waals surface area contributed by atoms with E-state index in [1.54, 1.807) is 29.2 Å². The van der Waals surface area contributed by atoms with Crippen LogP contribution in [0.25, 0.3) is 10.8 Å². The number of likely N-dealkylation sites (tertiary alicyclic amines) is 1. The van der Waals surface area contributed by atoms with Gasteiger partial charge >= 0.3 is 0 Å². The lowest BCUT2D eigenvalue weighted by Gasteiger charge is -2.16. The average Bonchev–Trinajstić information content (AvgIpc) is 3.14. The van der Waals surface area contributed by atoms with Gasteiger partial charge in [0.2, 0.25) is 5.91 Å². The lowest BCUT2D eigenvalue weighted by Crippen LogP contribution is -2.39. The number of amides is 2. The molecule has 1 aliphatic heterocycles. The number of nitrogens with one attached hydrogen (secondary N) is 1. The first-order chi connectivity index (χ1) is 12.0. The van der Waals surface area contributed by atoms with Crippen molar-refractivity contribution in [1.29, 1.82) is 0 Å². The Bertz CT molecular complexity index is 866. The zero-order chi connectivity index (χ0) is 18.0. The summed E-state index contributed by atoms with van der Waals surface area (Å²) in [5.74, 6) is -0.537. The second-order valence-electron chi connectivity index (χ2n) is 6.51. The highest BCUT2D eigenvalue weighted by molar-refractivity contribution is 6.05. The summed E-state index contributed by atoms with van der Waals surface area (Å²) in [4.78, 5) is 39.0. The summed E-state index contributed by atoms with van der Waals surface area (Å²) in [6.45, 7) is 5.10. The molecular weight excluding hydrogens is 320 g/mol. The second-order valence-corrected chi connectivity index (χ2v) is 6.51. The SMILES string of the molecule is CC(C)n1nc(C(=O)NCC(=O)N2CCCC2)c2ccccc2c1=O. The van der Waals surface area contributed by atoms with Crippen molar-refractivity contribution in [1.82, 2.24) is 20.0 Å². The molecule has 0 aliphatic carbocycles. The third-order valence-corrected chi connectivity index (χ3v) is 4.39. The second kappa shape index (κ2) is 7.04. The molecule has 1 aromatic heterocycles. The van der Waals surface area contributed by atoms with Crippen LogP contribution in [0.1, 0.15) is 43.2 Å². The normalized spacial score (nSPS) is 14.3. The van der Waals surface area contributed by atoms with E-state index in [1.807, 2.05) is 13.8 Å². The van der Waals surface area contributed by atoms with Crippen molar-refractivity contribution in [3.63, 3.8) is 0 Å². The standard InChI is InChI=1S/C18H22N4O3/c1-12(2)22-18(25)14-8-4-3-7-13(14)16(20-22)17(24)19-11-15(23)21-9-5-6-10-21/h3-4,7-8,12H,5-6,9-11H2,1-2H3,(H,19,24). The molecule has 1 aromatic carbocycles. The number of nitrogens with zero attached hydrogens (tertiary/aromatic N) is 3. The summed E-state index contributed by atoms with van der Waals surface area (Å²) in [5, 5.41) is 7.83. The van der Waals surface area contributed by atoms with Crippen LogP contribution in [0.15, 0.2) is 29.1 Å². The molecule has 0 saturated carbocycles. The van der Waals surface area contributed by atoms with Gasteiger partial charge in [-0.25, -0.2) is 4.68 Å². The number of carbonyl (C=O) groups is 2. The van der Waals surface area contributed by atoms with Gasteiger partial charge in [-0.15, -0.1) is 0 Å². The van der Waals surface area contributed by atoms with Crippen molar-refractivity contribution in [2.75, 3.05) is 19.6 Å². The summed E-state index contributed by atoms with van der Waals surface area (Å²) in [7, 11) is 0. The number of carbonyl (C=O) groups excluding carboxylic acids is 2. The molecule has 7 heteroatoms. The summed E-state index contributed by atoms with van der Waals surface area (Å²) < 4.78 is 1.31. The highest BCUT2D eigenvalue weighted by Gasteiger charge is 2.21. The molecule has 0 radical (unpaired) electrons. The zero-order valence-corrected chi connectivity index (χ0v) is 14.5. The van der Waals surface area contributed by atoms with Crippen molar-refractivity contribution in [3.05, 3.63) is 40.3 Å². The van der Waals surface area contributed by atoms with E-state index >= 15 is 0 Å². The number of rotatable bonds is 4. The van der Waals surface area contributed by atoms with Crippen molar-refractivity contribution in [3.8, 4) is 0 Å². The molecular formula is C18H22N4O3. The van der Waals surface area contributed by atoms with E-state index in [0.717, 1.165) is 25.9 Å². The molecule has 0 spiro atoms. The van der Waals surface area contributed by atoms with Crippen LogP contribution in [0.3, 0.4) is 0 Å². The maximum atomic E-state index is 12.6. The van der Waals surface area contributed by atoms with Gasteiger partial charge in [-0.3, -0.25) is 14.4 Å². The third-order valence-electron chi connectivity index (χ3n) is 4.39. The van der Waals surface area contributed by atoms with E-state index < -0.39 is 5.91 Å². The predicted octanol–water partition coefficient (Wildman–Crippen LogP) is 1.33. The first-order valence-electron chi connectivity index (χ1n) is 8.56. The molecule has 2 aromatic rings. The molecule has 0 atom stereocenters. The van der Waals surface area contributed by atoms with Crippen LogP contribution in [0.2, 0.25) is 0 Å². The number of hydrogen-bond donors (Lipinski definition) is 1. The predicted molar refractivity (Wildman–Crippen MR) is 94.5 cm³/mol. The molecule has 2 amide bonds. The van der Waals surface area contributed by atoms with E-state index in [-0.39, 0.29) is 29.7 Å². The van der Waals surface area contributed by atoms with E-state index in [9.17, 15) is 14.4 Å². The third kappa shape index (κ3) is 3.40. The fourth-order valence-electron chi connectivity index (χ4n) is 3.04. The average molecular weight is 342 g/mol. The van der Waals surface area contributed by atoms with Crippen LogP contribution >= 0.6 is 0 Å². The van der Waals surface area contributed by atoms with Crippen LogP contribution in [0, 0.1) is 0 Å². The summed E-state index contributed by atoms with van der Waals surface area (Å²) in [6.07, 6.45) is 2.01. The number of hydrogen-bond acceptors (Lipinski definition) is 4. The molecule has 1 N–H and O–H groups in total. The van der Waals surface area contributed by atoms with Crippen molar-refractivity contribution >= 4 is 22.6 Å². The Kier molecular flexibility index (Phi) is 4.83. The van der Waals surface area contributed by atoms with Gasteiger partial charge in [0.15, 0.2) is 5.69 Å². The Hall–Kier alpha value is -2.70. The number of aromatic nitrogens is 2. The van der Waals surface area contributed by atoms with Crippen molar-refractivity contribution < 1.29 is 9.59 Å². The molecule has 0 bridgehead atoms. The quantitative estimate of drug-likeness (QED) is 0.908. The summed E-state index contributed by atoms with van der Waals surface area (Å²) >= 11 is 0. The highest BCUT2D eigenvalue weighted by Crippen LogP contribution is 2.15. The van der Waals surface area contributed by atoms with Crippen LogP contribution in [0.4, 0.5) is 0 Å². The van der Waals surface area contributed by atoms with Gasteiger partial charge in [-0.2, -0.15) is 5.10 Å². The molecule has 3 rings (SSSR count). The first-order valence-corrected chi connectivity index (χ1v) is 8.56. The molecule has 25 heavy (non-hydrogen) atoms. The van der Waals surface area contributed by atoms with E-state index in [4.69, 9.17) is 0 Å². The fraction of sp³-hybridized carbons (Fsp3) is 0.444. The smallest absolute Gasteiger partial charge is 0.274 e. The Balaban J connectivity index is 1.89. The van der Waals surface area contributed by atoms with Gasteiger partial charge in [0.1, 0.15) is 0 Å². The Morgan fingerprint density at radius 1 is 1.16 bits per heavy atom. The summed E-state index contributed by atoms with van der Waals surface area (Å²) in [6, 6.07) is 6.73. The van der Waals surface area contributed by atoms with Crippen molar-refractivity contribution in [2.45, 2.75) is 32.7 Å². The van der Waals surface area contributed by atoms with Crippen LogP contribution in [-0.2, 0) is 4.79 Å². The molecule has 7 nitrogen and oxygen atoms in total. The largest absolute Gasteiger partial charge is 0.342 e.